The van der Waals surface area contributed by atoms with Crippen LogP contribution >= 0.6 is 0 Å². The van der Waals surface area contributed by atoms with Gasteiger partial charge >= 0.3 is 0 Å². The third-order valence-electron chi connectivity index (χ3n) is 3.01. The molecule has 86 valence electrons. The second-order valence-corrected chi connectivity index (χ2v) is 4.74. The van der Waals surface area contributed by atoms with Crippen LogP contribution in [0.2, 0.25) is 0 Å². The molecule has 1 amide bonds. The predicted molar refractivity (Wildman–Crippen MR) is 59.5 cm³/mol. The summed E-state index contributed by atoms with van der Waals surface area (Å²) in [6.45, 7) is 3.75. The van der Waals surface area contributed by atoms with Crippen molar-refractivity contribution in [3.05, 3.63) is 0 Å². The highest BCUT2D eigenvalue weighted by Gasteiger charge is 2.20. The van der Waals surface area contributed by atoms with Gasteiger partial charge in [0.15, 0.2) is 0 Å². The molecule has 0 heterocycles. The lowest BCUT2D eigenvalue weighted by Crippen LogP contribution is -2.38. The first-order valence-electron chi connectivity index (χ1n) is 5.86. The highest BCUT2D eigenvalue weighted by Crippen LogP contribution is 2.23. The minimum Gasteiger partial charge on any atom is -0.353 e. The van der Waals surface area contributed by atoms with E-state index in [1.807, 2.05) is 0 Å². The van der Waals surface area contributed by atoms with Crippen LogP contribution in [0, 0.1) is 5.92 Å². The van der Waals surface area contributed by atoms with Crippen molar-refractivity contribution < 1.29 is 9.59 Å². The second-order valence-electron chi connectivity index (χ2n) is 4.74. The molecule has 1 aliphatic rings. The Morgan fingerprint density at radius 1 is 1.27 bits per heavy atom. The Hall–Kier alpha value is -0.860. The lowest BCUT2D eigenvalue weighted by Gasteiger charge is -2.27. The minimum absolute atomic E-state index is 0.0318. The van der Waals surface area contributed by atoms with E-state index in [2.05, 4.69) is 12.2 Å². The summed E-state index contributed by atoms with van der Waals surface area (Å²) < 4.78 is 0. The van der Waals surface area contributed by atoms with Crippen molar-refractivity contribution in [2.75, 3.05) is 0 Å². The van der Waals surface area contributed by atoms with Crippen molar-refractivity contribution in [2.24, 2.45) is 5.92 Å². The summed E-state index contributed by atoms with van der Waals surface area (Å²) in [5, 5.41) is 3.01. The Morgan fingerprint density at radius 2 is 2.00 bits per heavy atom. The molecular weight excluding hydrogens is 190 g/mol. The number of amides is 1. The van der Waals surface area contributed by atoms with Crippen LogP contribution in [0.1, 0.15) is 52.4 Å². The summed E-state index contributed by atoms with van der Waals surface area (Å²) in [6.07, 6.45) is 5.38. The van der Waals surface area contributed by atoms with Crippen molar-refractivity contribution >= 4 is 11.7 Å². The van der Waals surface area contributed by atoms with E-state index < -0.39 is 0 Å². The molecular formula is C12H21NO2. The van der Waals surface area contributed by atoms with E-state index in [4.69, 9.17) is 0 Å². The van der Waals surface area contributed by atoms with Gasteiger partial charge in [0.2, 0.25) is 5.91 Å². The van der Waals surface area contributed by atoms with Crippen LogP contribution in [0.5, 0.6) is 0 Å². The van der Waals surface area contributed by atoms with E-state index in [1.165, 1.54) is 19.8 Å². The van der Waals surface area contributed by atoms with Crippen molar-refractivity contribution in [3.63, 3.8) is 0 Å². The molecule has 0 spiro atoms. The molecule has 0 aromatic heterocycles. The fraction of sp³-hybridized carbons (Fsp3) is 0.833. The first-order valence-corrected chi connectivity index (χ1v) is 5.86. The maximum atomic E-state index is 11.5. The SMILES string of the molecule is CC(=O)CCC(=O)NC1CCCC(C)C1. The van der Waals surface area contributed by atoms with Gasteiger partial charge in [-0.1, -0.05) is 19.8 Å². The average molecular weight is 211 g/mol. The van der Waals surface area contributed by atoms with Gasteiger partial charge in [-0.2, -0.15) is 0 Å². The molecule has 1 fully saturated rings. The number of ketones is 1. The highest BCUT2D eigenvalue weighted by atomic mass is 16.2. The van der Waals surface area contributed by atoms with Crippen molar-refractivity contribution in [3.8, 4) is 0 Å². The number of carbonyl (C=O) groups excluding carboxylic acids is 2. The second kappa shape index (κ2) is 5.89. The Labute approximate surface area is 91.6 Å². The number of hydrogen-bond donors (Lipinski definition) is 1. The largest absolute Gasteiger partial charge is 0.353 e. The molecule has 0 aromatic rings. The van der Waals surface area contributed by atoms with Crippen LogP contribution < -0.4 is 5.32 Å². The van der Waals surface area contributed by atoms with Crippen LogP contribution in [-0.2, 0) is 9.59 Å². The molecule has 3 heteroatoms. The zero-order chi connectivity index (χ0) is 11.3. The number of carbonyl (C=O) groups is 2. The summed E-state index contributed by atoms with van der Waals surface area (Å²) in [6, 6.07) is 0.341. The normalized spacial score (nSPS) is 26.0. The number of Topliss-reactive ketones (excluding diaryl/α,β-unsaturated/α-hetero) is 1. The van der Waals surface area contributed by atoms with Crippen LogP contribution in [0.4, 0.5) is 0 Å². The lowest BCUT2D eigenvalue weighted by molar-refractivity contribution is -0.125. The first kappa shape index (κ1) is 12.2. The molecule has 3 nitrogen and oxygen atoms in total. The van der Waals surface area contributed by atoms with E-state index in [0.717, 1.165) is 18.8 Å². The Morgan fingerprint density at radius 3 is 2.60 bits per heavy atom. The van der Waals surface area contributed by atoms with Crippen molar-refractivity contribution in [2.45, 2.75) is 58.4 Å². The quantitative estimate of drug-likeness (QED) is 0.773. The number of hydrogen-bond acceptors (Lipinski definition) is 2. The van der Waals surface area contributed by atoms with Gasteiger partial charge in [-0.25, -0.2) is 0 Å². The average Bonchev–Trinajstić information content (AvgIpc) is 2.15. The van der Waals surface area contributed by atoms with Crippen molar-refractivity contribution in [1.82, 2.24) is 5.32 Å². The molecule has 1 N–H and O–H groups in total. The maximum absolute atomic E-state index is 11.5. The number of nitrogens with one attached hydrogen (secondary N) is 1. The molecule has 1 saturated carbocycles. The smallest absolute Gasteiger partial charge is 0.220 e. The van der Waals surface area contributed by atoms with Crippen LogP contribution in [0.3, 0.4) is 0 Å². The van der Waals surface area contributed by atoms with Gasteiger partial charge < -0.3 is 10.1 Å². The summed E-state index contributed by atoms with van der Waals surface area (Å²) in [5.74, 6) is 0.836. The number of rotatable bonds is 4. The zero-order valence-corrected chi connectivity index (χ0v) is 9.71. The van der Waals surface area contributed by atoms with Crippen LogP contribution in [0.15, 0.2) is 0 Å². The van der Waals surface area contributed by atoms with Gasteiger partial charge in [-0.3, -0.25) is 4.79 Å². The van der Waals surface area contributed by atoms with Gasteiger partial charge in [0.1, 0.15) is 5.78 Å². The first-order chi connectivity index (χ1) is 7.08. The summed E-state index contributed by atoms with van der Waals surface area (Å²) in [7, 11) is 0. The standard InChI is InChI=1S/C12H21NO2/c1-9-4-3-5-11(8-9)13-12(15)7-6-10(2)14/h9,11H,3-8H2,1-2H3,(H,13,15). The molecule has 2 unspecified atom stereocenters. The molecule has 1 rings (SSSR count). The van der Waals surface area contributed by atoms with Gasteiger partial charge in [0, 0.05) is 18.9 Å². The molecule has 2 atom stereocenters. The predicted octanol–water partition coefficient (Wildman–Crippen LogP) is 2.05. The molecule has 15 heavy (non-hydrogen) atoms. The summed E-state index contributed by atoms with van der Waals surface area (Å²) in [5.41, 5.74) is 0. The Balaban J connectivity index is 2.22. The van der Waals surface area contributed by atoms with Gasteiger partial charge in [-0.05, 0) is 25.7 Å². The van der Waals surface area contributed by atoms with E-state index in [-0.39, 0.29) is 11.7 Å². The Kier molecular flexibility index (Phi) is 4.79. The van der Waals surface area contributed by atoms with E-state index in [0.29, 0.717) is 18.9 Å². The van der Waals surface area contributed by atoms with Crippen molar-refractivity contribution in [1.29, 1.82) is 0 Å². The summed E-state index contributed by atoms with van der Waals surface area (Å²) in [4.78, 5) is 22.2. The van der Waals surface area contributed by atoms with Crippen LogP contribution in [0.25, 0.3) is 0 Å². The molecule has 0 radical (unpaired) electrons. The third-order valence-corrected chi connectivity index (χ3v) is 3.01. The van der Waals surface area contributed by atoms with Gasteiger partial charge in [0.05, 0.1) is 0 Å². The molecule has 0 aromatic carbocycles. The van der Waals surface area contributed by atoms with Gasteiger partial charge in [-0.15, -0.1) is 0 Å². The summed E-state index contributed by atoms with van der Waals surface area (Å²) >= 11 is 0. The maximum Gasteiger partial charge on any atom is 0.220 e. The van der Waals surface area contributed by atoms with E-state index in [1.54, 1.807) is 0 Å². The van der Waals surface area contributed by atoms with Crippen LogP contribution in [-0.4, -0.2) is 17.7 Å². The molecule has 0 saturated heterocycles. The molecule has 1 aliphatic carbocycles. The highest BCUT2D eigenvalue weighted by molar-refractivity contribution is 5.83. The lowest BCUT2D eigenvalue weighted by atomic mass is 9.87. The van der Waals surface area contributed by atoms with Gasteiger partial charge in [0.25, 0.3) is 0 Å². The monoisotopic (exact) mass is 211 g/mol. The van der Waals surface area contributed by atoms with E-state index >= 15 is 0 Å². The molecule has 0 aliphatic heterocycles. The fourth-order valence-electron chi connectivity index (χ4n) is 2.15. The zero-order valence-electron chi connectivity index (χ0n) is 9.71. The minimum atomic E-state index is 0.0318. The third kappa shape index (κ3) is 4.96. The van der Waals surface area contributed by atoms with E-state index in [9.17, 15) is 9.59 Å². The Bertz CT molecular complexity index is 238. The fourth-order valence-corrected chi connectivity index (χ4v) is 2.15. The topological polar surface area (TPSA) is 46.2 Å². The molecule has 0 bridgehead atoms.